The molecule has 0 aliphatic heterocycles. The summed E-state index contributed by atoms with van der Waals surface area (Å²) in [4.78, 5) is 17.3. The zero-order valence-electron chi connectivity index (χ0n) is 16.3. The second-order valence-corrected chi connectivity index (χ2v) is 6.54. The van der Waals surface area contributed by atoms with Crippen LogP contribution in [0.15, 0.2) is 73.1 Å². The zero-order valence-corrected chi connectivity index (χ0v) is 16.3. The molecule has 2 aromatic heterocycles. The molecule has 6 heteroatoms. The Morgan fingerprint density at radius 3 is 2.59 bits per heavy atom. The Morgan fingerprint density at radius 1 is 1.00 bits per heavy atom. The molecular weight excluding hydrogens is 366 g/mol. The maximum Gasteiger partial charge on any atom is 0.229 e. The summed E-state index contributed by atoms with van der Waals surface area (Å²) >= 11 is 0. The third-order valence-electron chi connectivity index (χ3n) is 4.68. The van der Waals surface area contributed by atoms with E-state index < -0.39 is 0 Å². The first-order chi connectivity index (χ1) is 14.2. The van der Waals surface area contributed by atoms with E-state index in [0.717, 1.165) is 22.5 Å². The molecule has 0 fully saturated rings. The number of pyridine rings is 1. The molecule has 4 aromatic rings. The lowest BCUT2D eigenvalue weighted by Crippen LogP contribution is -2.15. The molecule has 1 N–H and O–H groups in total. The molecule has 29 heavy (non-hydrogen) atoms. The molecule has 0 aliphatic carbocycles. The van der Waals surface area contributed by atoms with Crippen molar-refractivity contribution < 1.29 is 14.3 Å². The van der Waals surface area contributed by atoms with Gasteiger partial charge in [-0.1, -0.05) is 24.3 Å². The van der Waals surface area contributed by atoms with Gasteiger partial charge in [-0.05, 0) is 36.4 Å². The molecule has 2 aromatic carbocycles. The Bertz CT molecular complexity index is 1130. The van der Waals surface area contributed by atoms with E-state index in [0.29, 0.717) is 17.2 Å². The highest BCUT2D eigenvalue weighted by molar-refractivity contribution is 5.94. The van der Waals surface area contributed by atoms with E-state index in [1.807, 2.05) is 77.5 Å². The largest absolute Gasteiger partial charge is 0.496 e. The molecule has 2 heterocycles. The highest BCUT2D eigenvalue weighted by Crippen LogP contribution is 2.31. The van der Waals surface area contributed by atoms with Gasteiger partial charge in [0.2, 0.25) is 5.91 Å². The van der Waals surface area contributed by atoms with Crippen LogP contribution < -0.4 is 14.8 Å². The third kappa shape index (κ3) is 3.91. The van der Waals surface area contributed by atoms with Crippen LogP contribution in [0.3, 0.4) is 0 Å². The SMILES string of the molecule is COc1ccccc1CC(=O)Nc1cc(-c2cn3ccccc3n2)ccc1OC. The summed E-state index contributed by atoms with van der Waals surface area (Å²) in [5.41, 5.74) is 3.99. The average Bonchev–Trinajstić information content (AvgIpc) is 3.18. The van der Waals surface area contributed by atoms with Crippen LogP contribution >= 0.6 is 0 Å². The number of hydrogen-bond donors (Lipinski definition) is 1. The predicted octanol–water partition coefficient (Wildman–Crippen LogP) is 4.20. The Balaban J connectivity index is 1.60. The molecule has 1 amide bonds. The van der Waals surface area contributed by atoms with Gasteiger partial charge in [0, 0.05) is 23.5 Å². The van der Waals surface area contributed by atoms with Crippen molar-refractivity contribution in [2.45, 2.75) is 6.42 Å². The minimum Gasteiger partial charge on any atom is -0.496 e. The van der Waals surface area contributed by atoms with Crippen molar-refractivity contribution in [3.8, 4) is 22.8 Å². The first kappa shape index (κ1) is 18.6. The van der Waals surface area contributed by atoms with Crippen molar-refractivity contribution >= 4 is 17.2 Å². The number of amides is 1. The summed E-state index contributed by atoms with van der Waals surface area (Å²) in [6.07, 6.45) is 4.11. The number of rotatable bonds is 6. The van der Waals surface area contributed by atoms with Gasteiger partial charge in [-0.15, -0.1) is 0 Å². The second kappa shape index (κ2) is 8.06. The molecule has 0 saturated heterocycles. The predicted molar refractivity (Wildman–Crippen MR) is 113 cm³/mol. The number of nitrogens with zero attached hydrogens (tertiary/aromatic N) is 2. The molecule has 0 atom stereocenters. The molecular formula is C23H21N3O3. The summed E-state index contributed by atoms with van der Waals surface area (Å²) in [7, 11) is 3.17. The van der Waals surface area contributed by atoms with Gasteiger partial charge in [0.25, 0.3) is 0 Å². The van der Waals surface area contributed by atoms with Gasteiger partial charge < -0.3 is 19.2 Å². The molecule has 6 nitrogen and oxygen atoms in total. The monoisotopic (exact) mass is 387 g/mol. The summed E-state index contributed by atoms with van der Waals surface area (Å²) in [6.45, 7) is 0. The Hall–Kier alpha value is -3.80. The lowest BCUT2D eigenvalue weighted by atomic mass is 10.1. The smallest absolute Gasteiger partial charge is 0.229 e. The van der Waals surface area contributed by atoms with Crippen molar-refractivity contribution in [3.63, 3.8) is 0 Å². The van der Waals surface area contributed by atoms with Crippen LogP contribution in [-0.2, 0) is 11.2 Å². The summed E-state index contributed by atoms with van der Waals surface area (Å²) in [5, 5.41) is 2.95. The molecule has 4 rings (SSSR count). The molecule has 0 aliphatic rings. The van der Waals surface area contributed by atoms with Crippen LogP contribution in [0, 0.1) is 0 Å². The van der Waals surface area contributed by atoms with Crippen molar-refractivity contribution in [2.75, 3.05) is 19.5 Å². The van der Waals surface area contributed by atoms with Crippen LogP contribution in [0.4, 0.5) is 5.69 Å². The Morgan fingerprint density at radius 2 is 1.79 bits per heavy atom. The normalized spacial score (nSPS) is 10.7. The Kier molecular flexibility index (Phi) is 5.16. The Labute approximate surface area is 168 Å². The number of ether oxygens (including phenoxy) is 2. The van der Waals surface area contributed by atoms with Gasteiger partial charge in [-0.3, -0.25) is 4.79 Å². The number of aromatic nitrogens is 2. The highest BCUT2D eigenvalue weighted by Gasteiger charge is 2.13. The number of methoxy groups -OCH3 is 2. The van der Waals surface area contributed by atoms with E-state index >= 15 is 0 Å². The van der Waals surface area contributed by atoms with Crippen molar-refractivity contribution in [1.82, 2.24) is 9.38 Å². The summed E-state index contributed by atoms with van der Waals surface area (Å²) < 4.78 is 12.7. The zero-order chi connectivity index (χ0) is 20.2. The number of carbonyl (C=O) groups is 1. The van der Waals surface area contributed by atoms with Crippen molar-refractivity contribution in [2.24, 2.45) is 0 Å². The highest BCUT2D eigenvalue weighted by atomic mass is 16.5. The van der Waals surface area contributed by atoms with Gasteiger partial charge in [-0.25, -0.2) is 4.98 Å². The van der Waals surface area contributed by atoms with E-state index in [-0.39, 0.29) is 12.3 Å². The topological polar surface area (TPSA) is 64.9 Å². The molecule has 0 unspecified atom stereocenters. The number of carbonyl (C=O) groups excluding carboxylic acids is 1. The van der Waals surface area contributed by atoms with Gasteiger partial charge >= 0.3 is 0 Å². The lowest BCUT2D eigenvalue weighted by Gasteiger charge is -2.12. The van der Waals surface area contributed by atoms with Crippen LogP contribution in [0.5, 0.6) is 11.5 Å². The maximum atomic E-state index is 12.7. The second-order valence-electron chi connectivity index (χ2n) is 6.54. The number of hydrogen-bond acceptors (Lipinski definition) is 4. The minimum absolute atomic E-state index is 0.153. The van der Waals surface area contributed by atoms with Crippen LogP contribution in [0.25, 0.3) is 16.9 Å². The minimum atomic E-state index is -0.153. The number of anilines is 1. The van der Waals surface area contributed by atoms with Gasteiger partial charge in [-0.2, -0.15) is 0 Å². The van der Waals surface area contributed by atoms with Crippen LogP contribution in [0.1, 0.15) is 5.56 Å². The third-order valence-corrected chi connectivity index (χ3v) is 4.68. The van der Waals surface area contributed by atoms with E-state index in [1.54, 1.807) is 14.2 Å². The van der Waals surface area contributed by atoms with E-state index in [4.69, 9.17) is 9.47 Å². The van der Waals surface area contributed by atoms with E-state index in [9.17, 15) is 4.79 Å². The van der Waals surface area contributed by atoms with Gasteiger partial charge in [0.15, 0.2) is 0 Å². The van der Waals surface area contributed by atoms with Gasteiger partial charge in [0.1, 0.15) is 17.1 Å². The van der Waals surface area contributed by atoms with E-state index in [2.05, 4.69) is 10.3 Å². The number of para-hydroxylation sites is 1. The standard InChI is InChI=1S/C23H21N3O3/c1-28-20-8-4-3-7-17(20)14-23(27)25-18-13-16(10-11-21(18)29-2)19-15-26-12-6-5-9-22(26)24-19/h3-13,15H,14H2,1-2H3,(H,25,27). The number of benzene rings is 2. The fraction of sp³-hybridized carbons (Fsp3) is 0.130. The summed E-state index contributed by atoms with van der Waals surface area (Å²) in [5.74, 6) is 1.12. The summed E-state index contributed by atoms with van der Waals surface area (Å²) in [6, 6.07) is 19.0. The van der Waals surface area contributed by atoms with E-state index in [1.165, 1.54) is 0 Å². The van der Waals surface area contributed by atoms with Crippen LogP contribution in [0.2, 0.25) is 0 Å². The molecule has 0 bridgehead atoms. The van der Waals surface area contributed by atoms with Gasteiger partial charge in [0.05, 0.1) is 32.0 Å². The van der Waals surface area contributed by atoms with Crippen molar-refractivity contribution in [1.29, 1.82) is 0 Å². The first-order valence-corrected chi connectivity index (χ1v) is 9.22. The maximum absolute atomic E-state index is 12.7. The molecule has 0 saturated carbocycles. The van der Waals surface area contributed by atoms with Crippen LogP contribution in [-0.4, -0.2) is 29.5 Å². The fourth-order valence-corrected chi connectivity index (χ4v) is 3.26. The molecule has 0 radical (unpaired) electrons. The fourth-order valence-electron chi connectivity index (χ4n) is 3.26. The quantitative estimate of drug-likeness (QED) is 0.539. The number of fused-ring (bicyclic) bond motifs is 1. The lowest BCUT2D eigenvalue weighted by molar-refractivity contribution is -0.115. The first-order valence-electron chi connectivity index (χ1n) is 9.22. The molecule has 0 spiro atoms. The van der Waals surface area contributed by atoms with Crippen molar-refractivity contribution in [3.05, 3.63) is 78.6 Å². The number of nitrogens with one attached hydrogen (secondary N) is 1. The number of imidazole rings is 1. The molecule has 146 valence electrons. The average molecular weight is 387 g/mol.